The standard InChI is InChI=1S/C3H3NOS/c1-3(5)6-2-4/h1H3/i1T. The molecule has 0 bridgehead atoms. The first-order chi connectivity index (χ1) is 3.31. The Bertz CT molecular complexity index is 108. The summed E-state index contributed by atoms with van der Waals surface area (Å²) in [5.74, 6) is 0. The summed E-state index contributed by atoms with van der Waals surface area (Å²) >= 11 is 0.510. The smallest absolute Gasteiger partial charge is 0.200 e. The van der Waals surface area contributed by atoms with Crippen molar-refractivity contribution < 1.29 is 6.17 Å². The quantitative estimate of drug-likeness (QED) is 0.425. The van der Waals surface area contributed by atoms with Gasteiger partial charge in [0.05, 0.1) is 0 Å². The van der Waals surface area contributed by atoms with E-state index in [9.17, 15) is 4.79 Å². The van der Waals surface area contributed by atoms with E-state index in [2.05, 4.69) is 0 Å². The van der Waals surface area contributed by atoms with Crippen LogP contribution in [0.3, 0.4) is 0 Å². The van der Waals surface area contributed by atoms with Gasteiger partial charge in [0.2, 0.25) is 0 Å². The van der Waals surface area contributed by atoms with E-state index in [4.69, 9.17) is 6.63 Å². The van der Waals surface area contributed by atoms with Gasteiger partial charge in [0.1, 0.15) is 5.40 Å². The topological polar surface area (TPSA) is 40.9 Å². The van der Waals surface area contributed by atoms with Gasteiger partial charge < -0.3 is 0 Å². The minimum atomic E-state index is -0.400. The molecule has 0 fully saturated rings. The monoisotopic (exact) mass is 103 g/mol. The van der Waals surface area contributed by atoms with Crippen LogP contribution in [0.2, 0.25) is 0 Å². The van der Waals surface area contributed by atoms with Crippen molar-refractivity contribution in [1.29, 1.82) is 5.26 Å². The number of nitriles is 1. The highest BCUT2D eigenvalue weighted by Crippen LogP contribution is 1.93. The van der Waals surface area contributed by atoms with E-state index in [0.717, 1.165) is 0 Å². The number of carbonyl (C=O) groups excluding carboxylic acids is 1. The van der Waals surface area contributed by atoms with Crippen molar-refractivity contribution in [1.82, 2.24) is 0 Å². The van der Waals surface area contributed by atoms with E-state index in [1.807, 2.05) is 0 Å². The van der Waals surface area contributed by atoms with Gasteiger partial charge in [-0.05, 0) is 0 Å². The van der Waals surface area contributed by atoms with Crippen LogP contribution in [0.1, 0.15) is 8.27 Å². The Morgan fingerprint density at radius 3 is 3.17 bits per heavy atom. The molecule has 32 valence electrons. The normalized spacial score (nSPS) is 8.83. The molecule has 0 aromatic heterocycles. The minimum absolute atomic E-state index is 0.307. The predicted molar refractivity (Wildman–Crippen MR) is 23.9 cm³/mol. The first kappa shape index (κ1) is 3.69. The lowest BCUT2D eigenvalue weighted by atomic mass is 10.9. The summed E-state index contributed by atoms with van der Waals surface area (Å²) in [4.78, 5) is 9.96. The molecule has 0 aliphatic carbocycles. The number of rotatable bonds is 0. The highest BCUT2D eigenvalue weighted by Gasteiger charge is 1.84. The molecule has 0 saturated heterocycles. The highest BCUT2D eigenvalue weighted by molar-refractivity contribution is 8.17. The van der Waals surface area contributed by atoms with Gasteiger partial charge in [0.15, 0.2) is 5.12 Å². The van der Waals surface area contributed by atoms with Gasteiger partial charge in [-0.25, -0.2) is 0 Å². The average molecular weight is 103 g/mol. The Balaban J connectivity index is 3.23. The maximum Gasteiger partial charge on any atom is 0.200 e. The van der Waals surface area contributed by atoms with Crippen LogP contribution in [0, 0.1) is 10.7 Å². The average Bonchev–Trinajstić information content (AvgIpc) is 1.68. The first-order valence-electron chi connectivity index (χ1n) is 1.90. The first-order valence-corrected chi connectivity index (χ1v) is 2.01. The third-order valence-corrected chi connectivity index (χ3v) is 0.478. The molecule has 0 aliphatic heterocycles. The van der Waals surface area contributed by atoms with E-state index in [1.54, 1.807) is 5.40 Å². The Morgan fingerprint density at radius 2 is 3.00 bits per heavy atom. The van der Waals surface area contributed by atoms with Crippen molar-refractivity contribution in [3.8, 4) is 5.40 Å². The fourth-order valence-electron chi connectivity index (χ4n) is 0.0509. The largest absolute Gasteiger partial charge is 0.286 e. The van der Waals surface area contributed by atoms with Crippen LogP contribution >= 0.6 is 11.8 Å². The zero-order valence-electron chi connectivity index (χ0n) is 3.97. The zero-order valence-corrected chi connectivity index (χ0v) is 3.79. The van der Waals surface area contributed by atoms with Crippen molar-refractivity contribution >= 4 is 16.9 Å². The van der Waals surface area contributed by atoms with Crippen LogP contribution in [-0.4, -0.2) is 5.12 Å². The van der Waals surface area contributed by atoms with Gasteiger partial charge in [-0.2, -0.15) is 5.26 Å². The summed E-state index contributed by atoms with van der Waals surface area (Å²) in [6.45, 7) is -0.307. The maximum atomic E-state index is 9.96. The molecule has 0 saturated carbocycles. The fourth-order valence-corrected chi connectivity index (χ4v) is 0.153. The lowest BCUT2D eigenvalue weighted by Gasteiger charge is -1.68. The number of thioether (sulfide) groups is 1. The minimum Gasteiger partial charge on any atom is -0.286 e. The van der Waals surface area contributed by atoms with Gasteiger partial charge in [0, 0.05) is 20.0 Å². The number of hydrogen-bond donors (Lipinski definition) is 0. The summed E-state index contributed by atoms with van der Waals surface area (Å²) < 4.78 is 6.39. The SMILES string of the molecule is [3H]CC(=O)SC#N. The number of nitrogens with zero attached hydrogens (tertiary/aromatic N) is 1. The summed E-state index contributed by atoms with van der Waals surface area (Å²) in [5.41, 5.74) is 0. The molecule has 0 unspecified atom stereocenters. The predicted octanol–water partition coefficient (Wildman–Crippen LogP) is 0.747. The van der Waals surface area contributed by atoms with Crippen LogP contribution in [0.15, 0.2) is 0 Å². The molecule has 0 atom stereocenters. The lowest BCUT2D eigenvalue weighted by molar-refractivity contribution is -0.109. The van der Waals surface area contributed by atoms with Crippen LogP contribution in [0.5, 0.6) is 0 Å². The van der Waals surface area contributed by atoms with Gasteiger partial charge in [-0.1, -0.05) is 0 Å². The van der Waals surface area contributed by atoms with E-state index >= 15 is 0 Å². The Morgan fingerprint density at radius 1 is 2.33 bits per heavy atom. The molecule has 0 aromatic carbocycles. The van der Waals surface area contributed by atoms with Crippen LogP contribution in [0.25, 0.3) is 0 Å². The van der Waals surface area contributed by atoms with E-state index in [1.165, 1.54) is 0 Å². The lowest BCUT2D eigenvalue weighted by Crippen LogP contribution is -1.72. The second-order valence-electron chi connectivity index (χ2n) is 0.565. The van der Waals surface area contributed by atoms with Gasteiger partial charge in [-0.15, -0.1) is 0 Å². The van der Waals surface area contributed by atoms with Gasteiger partial charge in [0.25, 0.3) is 0 Å². The second kappa shape index (κ2) is 2.73. The number of carbonyl (C=O) groups is 1. The Kier molecular flexibility index (Phi) is 1.68. The molecule has 6 heavy (non-hydrogen) atoms. The molecule has 0 radical (unpaired) electrons. The molecule has 0 N–H and O–H groups in total. The summed E-state index contributed by atoms with van der Waals surface area (Å²) in [5, 5.41) is 8.94. The summed E-state index contributed by atoms with van der Waals surface area (Å²) in [6, 6.07) is 0. The molecular formula is C3H3NOS. The number of hydrogen-bond acceptors (Lipinski definition) is 3. The molecule has 0 amide bonds. The second-order valence-corrected chi connectivity index (χ2v) is 1.41. The van der Waals surface area contributed by atoms with Crippen molar-refractivity contribution in [3.05, 3.63) is 0 Å². The Labute approximate surface area is 41.6 Å². The highest BCUT2D eigenvalue weighted by atomic mass is 32.2. The van der Waals surface area contributed by atoms with Crippen LogP contribution in [0.4, 0.5) is 0 Å². The molecule has 3 heteroatoms. The van der Waals surface area contributed by atoms with Crippen molar-refractivity contribution in [3.63, 3.8) is 0 Å². The Hall–Kier alpha value is -0.490. The van der Waals surface area contributed by atoms with Crippen molar-refractivity contribution in [2.24, 2.45) is 0 Å². The molecule has 0 heterocycles. The van der Waals surface area contributed by atoms with Crippen molar-refractivity contribution in [2.75, 3.05) is 0 Å². The fraction of sp³-hybridized carbons (Fsp3) is 0.333. The van der Waals surface area contributed by atoms with E-state index in [0.29, 0.717) is 11.8 Å². The summed E-state index contributed by atoms with van der Waals surface area (Å²) in [6.07, 6.45) is 0. The zero-order chi connectivity index (χ0) is 5.70. The van der Waals surface area contributed by atoms with Gasteiger partial charge in [-0.3, -0.25) is 4.79 Å². The maximum absolute atomic E-state index is 9.96. The molecule has 0 aromatic rings. The molecule has 0 spiro atoms. The summed E-state index contributed by atoms with van der Waals surface area (Å²) in [7, 11) is 0. The third-order valence-electron chi connectivity index (χ3n) is 0.159. The van der Waals surface area contributed by atoms with E-state index in [-0.39, 0.29) is 6.90 Å². The molecular weight excluding hydrogens is 98.1 g/mol. The molecule has 2 nitrogen and oxygen atoms in total. The molecule has 0 rings (SSSR count). The molecule has 0 aliphatic rings. The van der Waals surface area contributed by atoms with Crippen LogP contribution in [-0.2, 0) is 4.79 Å². The number of thiocyanates is 1. The van der Waals surface area contributed by atoms with E-state index < -0.39 is 5.12 Å². The van der Waals surface area contributed by atoms with Crippen LogP contribution < -0.4 is 0 Å². The van der Waals surface area contributed by atoms with Gasteiger partial charge >= 0.3 is 0 Å². The van der Waals surface area contributed by atoms with Crippen molar-refractivity contribution in [2.45, 2.75) is 6.90 Å². The third kappa shape index (κ3) is 3.51.